The number of rotatable bonds is 8. The lowest BCUT2D eigenvalue weighted by Crippen LogP contribution is -2.00. The molecule has 2 nitrogen and oxygen atoms in total. The van der Waals surface area contributed by atoms with Crippen LogP contribution >= 0.6 is 24.4 Å². The van der Waals surface area contributed by atoms with Crippen LogP contribution in [0.5, 0.6) is 0 Å². The first kappa shape index (κ1) is 34.7. The van der Waals surface area contributed by atoms with Crippen LogP contribution in [0.25, 0.3) is 0 Å². The molecule has 4 rings (SSSR count). The van der Waals surface area contributed by atoms with Gasteiger partial charge in [-0.25, -0.2) is 0 Å². The molecule has 4 aromatic carbocycles. The van der Waals surface area contributed by atoms with E-state index in [1.165, 1.54) is 22.3 Å². The standard InChI is InChI=1S/2C11H14OS.2C7H8/c2*1-2-6-11(13)12-9-10-7-4-3-5-8-10;2*1-7-5-3-2-4-6-7/h2*3-5,7-8H,2,6,9H2,1H3;2*2-6H,1H3. The van der Waals surface area contributed by atoms with Gasteiger partial charge in [-0.15, -0.1) is 0 Å². The first-order chi connectivity index (χ1) is 19.4. The molecule has 0 spiro atoms. The molecule has 0 saturated heterocycles. The Hall–Kier alpha value is -3.34. The molecule has 0 bridgehead atoms. The van der Waals surface area contributed by atoms with Crippen molar-refractivity contribution in [2.45, 2.75) is 66.6 Å². The first-order valence-corrected chi connectivity index (χ1v) is 14.7. The summed E-state index contributed by atoms with van der Waals surface area (Å²) in [5.74, 6) is 0. The van der Waals surface area contributed by atoms with E-state index in [2.05, 4.69) is 52.0 Å². The molecule has 0 aromatic heterocycles. The molecule has 0 fully saturated rings. The number of aryl methyl sites for hydroxylation is 2. The van der Waals surface area contributed by atoms with E-state index in [4.69, 9.17) is 33.9 Å². The van der Waals surface area contributed by atoms with Crippen LogP contribution in [0.3, 0.4) is 0 Å². The normalized spacial score (nSPS) is 9.30. The van der Waals surface area contributed by atoms with Crippen molar-refractivity contribution in [2.24, 2.45) is 0 Å². The number of hydrogen-bond donors (Lipinski definition) is 0. The zero-order valence-electron chi connectivity index (χ0n) is 24.4. The van der Waals surface area contributed by atoms with E-state index in [0.29, 0.717) is 23.3 Å². The molecular formula is C36H44O2S2. The van der Waals surface area contributed by atoms with E-state index >= 15 is 0 Å². The largest absolute Gasteiger partial charge is 0.482 e. The third kappa shape index (κ3) is 19.7. The second-order valence-corrected chi connectivity index (χ2v) is 10.0. The van der Waals surface area contributed by atoms with Crippen molar-refractivity contribution in [2.75, 3.05) is 0 Å². The molecule has 0 amide bonds. The topological polar surface area (TPSA) is 18.5 Å². The summed E-state index contributed by atoms with van der Waals surface area (Å²) >= 11 is 10.1. The van der Waals surface area contributed by atoms with E-state index in [0.717, 1.165) is 25.7 Å². The minimum Gasteiger partial charge on any atom is -0.482 e. The third-order valence-corrected chi connectivity index (χ3v) is 5.92. The summed E-state index contributed by atoms with van der Waals surface area (Å²) in [5, 5.41) is 1.43. The van der Waals surface area contributed by atoms with Gasteiger partial charge < -0.3 is 9.47 Å². The summed E-state index contributed by atoms with van der Waals surface area (Å²) in [6, 6.07) is 40.7. The number of benzene rings is 4. The number of thiocarbonyl (C=S) groups is 2. The van der Waals surface area contributed by atoms with Crippen LogP contribution in [0, 0.1) is 13.8 Å². The zero-order chi connectivity index (χ0) is 29.3. The molecule has 0 radical (unpaired) electrons. The summed E-state index contributed by atoms with van der Waals surface area (Å²) < 4.78 is 10.8. The Balaban J connectivity index is 0.000000277. The van der Waals surface area contributed by atoms with Gasteiger partial charge in [0.15, 0.2) is 10.1 Å². The molecular weight excluding hydrogens is 529 g/mol. The van der Waals surface area contributed by atoms with Crippen molar-refractivity contribution in [3.63, 3.8) is 0 Å². The Bertz CT molecular complexity index is 1050. The molecule has 0 aliphatic carbocycles. The van der Waals surface area contributed by atoms with Gasteiger partial charge in [-0.3, -0.25) is 0 Å². The fraction of sp³-hybridized carbons (Fsp3) is 0.278. The molecule has 0 aliphatic heterocycles. The average Bonchev–Trinajstić information content (AvgIpc) is 2.98. The molecule has 4 aromatic rings. The van der Waals surface area contributed by atoms with Crippen molar-refractivity contribution in [3.8, 4) is 0 Å². The SMILES string of the molecule is CCCC(=S)OCc1ccccc1.CCCC(=S)OCc1ccccc1.Cc1ccccc1.Cc1ccccc1. The predicted octanol–water partition coefficient (Wildman–Crippen LogP) is 10.7. The second kappa shape index (κ2) is 23.5. The van der Waals surface area contributed by atoms with E-state index in [-0.39, 0.29) is 0 Å². The van der Waals surface area contributed by atoms with Gasteiger partial charge in [-0.1, -0.05) is 146 Å². The van der Waals surface area contributed by atoms with E-state index < -0.39 is 0 Å². The van der Waals surface area contributed by atoms with E-state index in [1.807, 2.05) is 97.1 Å². The number of ether oxygens (including phenoxy) is 2. The Morgan fingerprint density at radius 1 is 0.475 bits per heavy atom. The van der Waals surface area contributed by atoms with E-state index in [9.17, 15) is 0 Å². The van der Waals surface area contributed by atoms with Crippen molar-refractivity contribution in [3.05, 3.63) is 144 Å². The molecule has 212 valence electrons. The monoisotopic (exact) mass is 572 g/mol. The Labute approximate surface area is 253 Å². The molecule has 0 N–H and O–H groups in total. The van der Waals surface area contributed by atoms with Crippen LogP contribution in [-0.4, -0.2) is 10.1 Å². The zero-order valence-corrected chi connectivity index (χ0v) is 26.1. The molecule has 0 heterocycles. The van der Waals surface area contributed by atoms with Crippen LogP contribution in [0.1, 0.15) is 61.8 Å². The minimum atomic E-state index is 0.597. The minimum absolute atomic E-state index is 0.597. The molecule has 40 heavy (non-hydrogen) atoms. The predicted molar refractivity (Wildman–Crippen MR) is 180 cm³/mol. The highest BCUT2D eigenvalue weighted by Crippen LogP contribution is 2.04. The van der Waals surface area contributed by atoms with Gasteiger partial charge >= 0.3 is 0 Å². The number of hydrogen-bond acceptors (Lipinski definition) is 4. The van der Waals surface area contributed by atoms with Crippen molar-refractivity contribution in [1.29, 1.82) is 0 Å². The fourth-order valence-corrected chi connectivity index (χ4v) is 3.62. The van der Waals surface area contributed by atoms with Gasteiger partial charge in [0, 0.05) is 12.8 Å². The van der Waals surface area contributed by atoms with Crippen LogP contribution in [0.15, 0.2) is 121 Å². The van der Waals surface area contributed by atoms with Crippen molar-refractivity contribution >= 4 is 34.5 Å². The van der Waals surface area contributed by atoms with E-state index in [1.54, 1.807) is 0 Å². The third-order valence-electron chi connectivity index (χ3n) is 5.27. The second-order valence-electron chi connectivity index (χ2n) is 9.10. The van der Waals surface area contributed by atoms with Crippen LogP contribution in [0.4, 0.5) is 0 Å². The van der Waals surface area contributed by atoms with Crippen molar-refractivity contribution in [1.82, 2.24) is 0 Å². The molecule has 0 saturated carbocycles. The smallest absolute Gasteiger partial charge is 0.160 e. The van der Waals surface area contributed by atoms with Gasteiger partial charge in [0.1, 0.15) is 13.2 Å². The lowest BCUT2D eigenvalue weighted by Gasteiger charge is -2.05. The van der Waals surface area contributed by atoms with Gasteiger partial charge in [0.2, 0.25) is 0 Å². The summed E-state index contributed by atoms with van der Waals surface area (Å²) in [5.41, 5.74) is 4.98. The maximum absolute atomic E-state index is 5.40. The maximum Gasteiger partial charge on any atom is 0.160 e. The molecule has 0 aliphatic rings. The highest BCUT2D eigenvalue weighted by molar-refractivity contribution is 7.80. The highest BCUT2D eigenvalue weighted by Gasteiger charge is 1.97. The summed E-state index contributed by atoms with van der Waals surface area (Å²) in [7, 11) is 0. The fourth-order valence-electron chi connectivity index (χ4n) is 3.10. The van der Waals surface area contributed by atoms with Crippen LogP contribution in [-0.2, 0) is 22.7 Å². The van der Waals surface area contributed by atoms with Crippen molar-refractivity contribution < 1.29 is 9.47 Å². The maximum atomic E-state index is 5.40. The summed E-state index contributed by atoms with van der Waals surface area (Å²) in [4.78, 5) is 0. The Morgan fingerprint density at radius 3 is 0.975 bits per heavy atom. The summed E-state index contributed by atoms with van der Waals surface area (Å²) in [6.45, 7) is 9.55. The van der Waals surface area contributed by atoms with Gasteiger partial charge in [-0.2, -0.15) is 0 Å². The molecule has 0 atom stereocenters. The lowest BCUT2D eigenvalue weighted by atomic mass is 10.2. The quantitative estimate of drug-likeness (QED) is 0.195. The Morgan fingerprint density at radius 2 is 0.750 bits per heavy atom. The summed E-state index contributed by atoms with van der Waals surface area (Å²) in [6.07, 6.45) is 3.85. The van der Waals surface area contributed by atoms with Crippen LogP contribution < -0.4 is 0 Å². The van der Waals surface area contributed by atoms with Gasteiger partial charge in [0.05, 0.1) is 0 Å². The van der Waals surface area contributed by atoms with Gasteiger partial charge in [0.25, 0.3) is 0 Å². The van der Waals surface area contributed by atoms with Crippen LogP contribution in [0.2, 0.25) is 0 Å². The first-order valence-electron chi connectivity index (χ1n) is 13.9. The lowest BCUT2D eigenvalue weighted by molar-refractivity contribution is 0.292. The molecule has 4 heteroatoms. The molecule has 0 unspecified atom stereocenters. The Kier molecular flexibility index (Phi) is 20.4. The average molecular weight is 573 g/mol. The highest BCUT2D eigenvalue weighted by atomic mass is 32.1. The van der Waals surface area contributed by atoms with Gasteiger partial charge in [-0.05, 0) is 62.3 Å².